The number of nitrogens with zero attached hydrogens (tertiary/aromatic N) is 2. The molecule has 0 aliphatic rings. The molecular weight excluding hydrogens is 270 g/mol. The number of aromatic nitrogens is 2. The van der Waals surface area contributed by atoms with Crippen LogP contribution in [0.25, 0.3) is 0 Å². The average Bonchev–Trinajstić information content (AvgIpc) is 2.62. The number of hydrogen-bond acceptors (Lipinski definition) is 3. The molecule has 2 N–H and O–H groups in total. The smallest absolute Gasteiger partial charge is 0.0776 e. The minimum absolute atomic E-state index is 0.0311. The molecule has 2 atom stereocenters. The molecule has 0 saturated heterocycles. The number of methoxy groups -OCH3 is 1. The van der Waals surface area contributed by atoms with Crippen LogP contribution in [0.4, 0.5) is 0 Å². The van der Waals surface area contributed by atoms with Gasteiger partial charge >= 0.3 is 0 Å². The lowest BCUT2D eigenvalue weighted by molar-refractivity contribution is 0.0744. The van der Waals surface area contributed by atoms with Crippen molar-refractivity contribution in [1.82, 2.24) is 9.78 Å². The molecule has 0 aliphatic heterocycles. The summed E-state index contributed by atoms with van der Waals surface area (Å²) in [6, 6.07) is -0.140. The van der Waals surface area contributed by atoms with Crippen molar-refractivity contribution in [2.24, 2.45) is 5.73 Å². The maximum Gasteiger partial charge on any atom is 0.0776 e. The van der Waals surface area contributed by atoms with Crippen LogP contribution in [0.15, 0.2) is 10.7 Å². The van der Waals surface area contributed by atoms with E-state index in [1.165, 1.54) is 0 Å². The Morgan fingerprint density at radius 1 is 1.56 bits per heavy atom. The van der Waals surface area contributed by atoms with Crippen LogP contribution < -0.4 is 5.73 Å². The van der Waals surface area contributed by atoms with Crippen LogP contribution in [-0.2, 0) is 11.3 Å². The summed E-state index contributed by atoms with van der Waals surface area (Å²) in [4.78, 5) is 0. The number of rotatable bonds is 6. The molecule has 4 nitrogen and oxygen atoms in total. The standard InChI is InChI=1S/C11H20BrN3O/c1-4-6-15-11(8(12)7-14-15)10(13)9(5-2)16-3/h7,9-10H,4-6,13H2,1-3H3. The SMILES string of the molecule is CCCn1ncc(Br)c1C(N)C(CC)OC. The van der Waals surface area contributed by atoms with E-state index in [0.717, 1.165) is 29.6 Å². The third kappa shape index (κ3) is 2.84. The Morgan fingerprint density at radius 2 is 2.25 bits per heavy atom. The fourth-order valence-electron chi connectivity index (χ4n) is 1.84. The van der Waals surface area contributed by atoms with Gasteiger partial charge in [0.1, 0.15) is 0 Å². The molecule has 0 spiro atoms. The molecule has 0 fully saturated rings. The van der Waals surface area contributed by atoms with Crippen molar-refractivity contribution in [3.05, 3.63) is 16.4 Å². The van der Waals surface area contributed by atoms with E-state index in [2.05, 4.69) is 34.9 Å². The molecular formula is C11H20BrN3O. The zero-order valence-corrected chi connectivity index (χ0v) is 11.7. The molecule has 1 heterocycles. The second-order valence-corrected chi connectivity index (χ2v) is 4.66. The normalized spacial score (nSPS) is 15.1. The van der Waals surface area contributed by atoms with Crippen LogP contribution in [0.1, 0.15) is 38.4 Å². The third-order valence-corrected chi connectivity index (χ3v) is 3.30. The largest absolute Gasteiger partial charge is 0.379 e. The molecule has 0 radical (unpaired) electrons. The maximum absolute atomic E-state index is 6.22. The molecule has 1 rings (SSSR count). The summed E-state index contributed by atoms with van der Waals surface area (Å²) in [5.41, 5.74) is 7.24. The second-order valence-electron chi connectivity index (χ2n) is 3.81. The van der Waals surface area contributed by atoms with Gasteiger partial charge in [0.25, 0.3) is 0 Å². The Morgan fingerprint density at radius 3 is 2.75 bits per heavy atom. The highest BCUT2D eigenvalue weighted by molar-refractivity contribution is 9.10. The number of nitrogens with two attached hydrogens (primary N) is 1. The van der Waals surface area contributed by atoms with Crippen LogP contribution in [0.3, 0.4) is 0 Å². The van der Waals surface area contributed by atoms with Crippen LogP contribution in [0.2, 0.25) is 0 Å². The van der Waals surface area contributed by atoms with E-state index in [4.69, 9.17) is 10.5 Å². The van der Waals surface area contributed by atoms with Crippen LogP contribution in [0.5, 0.6) is 0 Å². The van der Waals surface area contributed by atoms with Gasteiger partial charge in [-0.15, -0.1) is 0 Å². The highest BCUT2D eigenvalue weighted by Crippen LogP contribution is 2.26. The number of ether oxygens (including phenoxy) is 1. The van der Waals surface area contributed by atoms with Gasteiger partial charge < -0.3 is 10.5 Å². The van der Waals surface area contributed by atoms with Gasteiger partial charge in [0.05, 0.1) is 28.5 Å². The Hall–Kier alpha value is -0.390. The van der Waals surface area contributed by atoms with E-state index in [1.807, 2.05) is 4.68 Å². The summed E-state index contributed by atoms with van der Waals surface area (Å²) < 4.78 is 8.30. The lowest BCUT2D eigenvalue weighted by Crippen LogP contribution is -2.30. The van der Waals surface area contributed by atoms with Crippen molar-refractivity contribution in [2.75, 3.05) is 7.11 Å². The highest BCUT2D eigenvalue weighted by atomic mass is 79.9. The average molecular weight is 290 g/mol. The third-order valence-electron chi connectivity index (χ3n) is 2.69. The Balaban J connectivity index is 2.95. The predicted molar refractivity (Wildman–Crippen MR) is 68.2 cm³/mol. The monoisotopic (exact) mass is 289 g/mol. The van der Waals surface area contributed by atoms with Gasteiger partial charge in [-0.1, -0.05) is 13.8 Å². The first-order chi connectivity index (χ1) is 7.65. The minimum atomic E-state index is -0.140. The summed E-state index contributed by atoms with van der Waals surface area (Å²) in [5.74, 6) is 0. The van der Waals surface area contributed by atoms with Crippen molar-refractivity contribution in [3.8, 4) is 0 Å². The van der Waals surface area contributed by atoms with Gasteiger partial charge in [0.2, 0.25) is 0 Å². The van der Waals surface area contributed by atoms with Gasteiger partial charge in [0, 0.05) is 13.7 Å². The molecule has 2 unspecified atom stereocenters. The van der Waals surface area contributed by atoms with Gasteiger partial charge in [-0.3, -0.25) is 4.68 Å². The van der Waals surface area contributed by atoms with Crippen molar-refractivity contribution >= 4 is 15.9 Å². The van der Waals surface area contributed by atoms with E-state index < -0.39 is 0 Å². The van der Waals surface area contributed by atoms with Gasteiger partial charge in [-0.25, -0.2) is 0 Å². The van der Waals surface area contributed by atoms with E-state index in [0.29, 0.717) is 0 Å². The van der Waals surface area contributed by atoms with Crippen LogP contribution >= 0.6 is 15.9 Å². The minimum Gasteiger partial charge on any atom is -0.379 e. The summed E-state index contributed by atoms with van der Waals surface area (Å²) in [5, 5.41) is 4.31. The summed E-state index contributed by atoms with van der Waals surface area (Å²) in [6.45, 7) is 5.08. The predicted octanol–water partition coefficient (Wildman–Crippen LogP) is 2.48. The van der Waals surface area contributed by atoms with Crippen molar-refractivity contribution < 1.29 is 4.74 Å². The Kier molecular flexibility index (Phi) is 5.44. The zero-order chi connectivity index (χ0) is 12.1. The van der Waals surface area contributed by atoms with Crippen molar-refractivity contribution in [2.45, 2.75) is 45.4 Å². The molecule has 92 valence electrons. The molecule has 1 aromatic heterocycles. The summed E-state index contributed by atoms with van der Waals surface area (Å²) in [6.07, 6.45) is 3.76. The number of halogens is 1. The first kappa shape index (κ1) is 13.7. The van der Waals surface area contributed by atoms with Gasteiger partial charge in [-0.2, -0.15) is 5.10 Å². The molecule has 0 aliphatic carbocycles. The topological polar surface area (TPSA) is 53.1 Å². The van der Waals surface area contributed by atoms with Gasteiger partial charge in [0.15, 0.2) is 0 Å². The zero-order valence-electron chi connectivity index (χ0n) is 10.1. The second kappa shape index (κ2) is 6.37. The highest BCUT2D eigenvalue weighted by Gasteiger charge is 2.23. The fourth-order valence-corrected chi connectivity index (χ4v) is 2.40. The fraction of sp³-hybridized carbons (Fsp3) is 0.727. The van der Waals surface area contributed by atoms with Crippen LogP contribution in [0, 0.1) is 0 Å². The summed E-state index contributed by atoms with van der Waals surface area (Å²) >= 11 is 3.50. The van der Waals surface area contributed by atoms with E-state index in [9.17, 15) is 0 Å². The molecule has 0 saturated carbocycles. The lowest BCUT2D eigenvalue weighted by Gasteiger charge is -2.22. The van der Waals surface area contributed by atoms with Gasteiger partial charge in [-0.05, 0) is 28.8 Å². The quantitative estimate of drug-likeness (QED) is 0.875. The molecule has 0 aromatic carbocycles. The van der Waals surface area contributed by atoms with E-state index in [1.54, 1.807) is 13.3 Å². The van der Waals surface area contributed by atoms with Crippen LogP contribution in [-0.4, -0.2) is 23.0 Å². The summed E-state index contributed by atoms with van der Waals surface area (Å²) in [7, 11) is 1.70. The lowest BCUT2D eigenvalue weighted by atomic mass is 10.1. The number of hydrogen-bond donors (Lipinski definition) is 1. The van der Waals surface area contributed by atoms with E-state index in [-0.39, 0.29) is 12.1 Å². The molecule has 1 aromatic rings. The molecule has 0 bridgehead atoms. The Bertz CT molecular complexity index is 323. The van der Waals surface area contributed by atoms with Crippen molar-refractivity contribution in [1.29, 1.82) is 0 Å². The molecule has 0 amide bonds. The van der Waals surface area contributed by atoms with E-state index >= 15 is 0 Å². The molecule has 16 heavy (non-hydrogen) atoms. The first-order valence-electron chi connectivity index (χ1n) is 5.65. The Labute approximate surface area is 105 Å². The number of aryl methyl sites for hydroxylation is 1. The maximum atomic E-state index is 6.22. The van der Waals surface area contributed by atoms with Crippen molar-refractivity contribution in [3.63, 3.8) is 0 Å². The first-order valence-corrected chi connectivity index (χ1v) is 6.44. The molecule has 5 heteroatoms.